The van der Waals surface area contributed by atoms with E-state index in [9.17, 15) is 35.2 Å². The summed E-state index contributed by atoms with van der Waals surface area (Å²) in [6, 6.07) is 4.77. The number of halogens is 7. The number of carbonyl (C=O) groups excluding carboxylic acids is 1. The third-order valence-corrected chi connectivity index (χ3v) is 5.62. The fourth-order valence-corrected chi connectivity index (χ4v) is 3.80. The first-order valence-electron chi connectivity index (χ1n) is 7.82. The van der Waals surface area contributed by atoms with E-state index in [1.807, 2.05) is 0 Å². The number of rotatable bonds is 4. The van der Waals surface area contributed by atoms with Crippen LogP contribution in [0.4, 0.5) is 22.0 Å². The Bertz CT molecular complexity index is 1290. The van der Waals surface area contributed by atoms with Crippen molar-refractivity contribution in [2.24, 2.45) is 0 Å². The fraction of sp³-hybridized carbons (Fsp3) is 0.0625. The minimum atomic E-state index is -5.24. The van der Waals surface area contributed by atoms with E-state index in [4.69, 9.17) is 23.2 Å². The predicted molar refractivity (Wildman–Crippen MR) is 97.4 cm³/mol. The van der Waals surface area contributed by atoms with Crippen molar-refractivity contribution in [2.75, 3.05) is 0 Å². The quantitative estimate of drug-likeness (QED) is 0.546. The van der Waals surface area contributed by atoms with E-state index < -0.39 is 50.0 Å². The molecule has 15 heteroatoms. The first kappa shape index (κ1) is 22.9. The van der Waals surface area contributed by atoms with Crippen LogP contribution in [0.5, 0.6) is 0 Å². The van der Waals surface area contributed by atoms with Gasteiger partial charge in [0.25, 0.3) is 15.9 Å². The van der Waals surface area contributed by atoms with Gasteiger partial charge in [-0.3, -0.25) is 4.79 Å². The minimum Gasteiger partial charge on any atom is -0.266 e. The molecule has 0 fully saturated rings. The van der Waals surface area contributed by atoms with Gasteiger partial charge in [-0.15, -0.1) is 5.10 Å². The number of carbonyl (C=O) groups is 1. The zero-order chi connectivity index (χ0) is 23.1. The topological polar surface area (TPSA) is 93.9 Å². The Morgan fingerprint density at radius 3 is 2.35 bits per heavy atom. The van der Waals surface area contributed by atoms with Crippen LogP contribution >= 0.6 is 23.2 Å². The van der Waals surface area contributed by atoms with E-state index in [0.717, 1.165) is 6.07 Å². The Hall–Kier alpha value is -2.77. The summed E-state index contributed by atoms with van der Waals surface area (Å²) in [7, 11) is -5.02. The van der Waals surface area contributed by atoms with E-state index in [1.54, 1.807) is 0 Å². The Labute approximate surface area is 180 Å². The predicted octanol–water partition coefficient (Wildman–Crippen LogP) is 3.99. The number of nitrogens with one attached hydrogen (secondary N) is 1. The third kappa shape index (κ3) is 4.62. The molecule has 2 aromatic carbocycles. The molecule has 7 nitrogen and oxygen atoms in total. The molecule has 0 aliphatic rings. The third-order valence-electron chi connectivity index (χ3n) is 3.70. The number of nitrogens with zero attached hydrogens (tertiary/aromatic N) is 3. The smallest absolute Gasteiger partial charge is 0.266 e. The molecular formula is C16H7Cl2F5N4O3S. The molecule has 31 heavy (non-hydrogen) atoms. The summed E-state index contributed by atoms with van der Waals surface area (Å²) in [5.41, 5.74) is -3.58. The van der Waals surface area contributed by atoms with Gasteiger partial charge in [0.2, 0.25) is 0 Å². The number of benzene rings is 2. The lowest BCUT2D eigenvalue weighted by atomic mass is 10.2. The van der Waals surface area contributed by atoms with Crippen LogP contribution in [-0.2, 0) is 16.2 Å². The maximum Gasteiger partial charge on any atom is 0.435 e. The molecule has 0 aliphatic heterocycles. The summed E-state index contributed by atoms with van der Waals surface area (Å²) >= 11 is 11.6. The maximum atomic E-state index is 13.8. The molecule has 164 valence electrons. The van der Waals surface area contributed by atoms with Gasteiger partial charge in [0, 0.05) is 11.1 Å². The normalized spacial score (nSPS) is 12.1. The number of aromatic nitrogens is 3. The average Bonchev–Trinajstić information content (AvgIpc) is 3.08. The molecule has 3 aromatic rings. The lowest BCUT2D eigenvalue weighted by molar-refractivity contribution is -0.143. The number of amides is 1. The molecule has 1 aromatic heterocycles. The molecule has 0 atom stereocenters. The molecule has 0 spiro atoms. The second kappa shape index (κ2) is 8.05. The van der Waals surface area contributed by atoms with Crippen LogP contribution in [0.25, 0.3) is 5.69 Å². The first-order valence-corrected chi connectivity index (χ1v) is 10.1. The van der Waals surface area contributed by atoms with Crippen molar-refractivity contribution in [3.05, 3.63) is 69.5 Å². The number of hydrogen-bond donors (Lipinski definition) is 1. The zero-order valence-corrected chi connectivity index (χ0v) is 16.9. The Morgan fingerprint density at radius 2 is 1.74 bits per heavy atom. The van der Waals surface area contributed by atoms with Crippen LogP contribution in [0.1, 0.15) is 16.2 Å². The number of hydrogen-bond acceptors (Lipinski definition) is 5. The van der Waals surface area contributed by atoms with Crippen LogP contribution in [0.2, 0.25) is 10.0 Å². The molecule has 3 rings (SSSR count). The van der Waals surface area contributed by atoms with Gasteiger partial charge in [-0.05, 0) is 30.3 Å². The summed E-state index contributed by atoms with van der Waals surface area (Å²) in [5.74, 6) is -4.53. The fourth-order valence-electron chi connectivity index (χ4n) is 2.42. The van der Waals surface area contributed by atoms with Gasteiger partial charge in [0.05, 0.1) is 10.7 Å². The summed E-state index contributed by atoms with van der Waals surface area (Å²) in [6.07, 6.45) is -5.24. The van der Waals surface area contributed by atoms with Gasteiger partial charge in [-0.25, -0.2) is 26.6 Å². The van der Waals surface area contributed by atoms with Crippen molar-refractivity contribution < 1.29 is 35.2 Å². The monoisotopic (exact) mass is 500 g/mol. The van der Waals surface area contributed by atoms with Crippen molar-refractivity contribution in [3.8, 4) is 5.69 Å². The number of alkyl halides is 3. The van der Waals surface area contributed by atoms with E-state index in [0.29, 0.717) is 12.1 Å². The summed E-state index contributed by atoms with van der Waals surface area (Å²) in [6.45, 7) is 0. The highest BCUT2D eigenvalue weighted by Crippen LogP contribution is 2.35. The van der Waals surface area contributed by atoms with E-state index in [1.165, 1.54) is 16.9 Å². The van der Waals surface area contributed by atoms with E-state index >= 15 is 0 Å². The lowest BCUT2D eigenvalue weighted by Gasteiger charge is -2.12. The second-order valence-electron chi connectivity index (χ2n) is 5.80. The van der Waals surface area contributed by atoms with E-state index in [-0.39, 0.29) is 26.5 Å². The molecule has 0 unspecified atom stereocenters. The van der Waals surface area contributed by atoms with Crippen molar-refractivity contribution in [1.82, 2.24) is 19.7 Å². The van der Waals surface area contributed by atoms with E-state index in [2.05, 4.69) is 10.3 Å². The average molecular weight is 501 g/mol. The van der Waals surface area contributed by atoms with Crippen molar-refractivity contribution in [3.63, 3.8) is 0 Å². The largest absolute Gasteiger partial charge is 0.435 e. The second-order valence-corrected chi connectivity index (χ2v) is 8.30. The molecule has 0 radical (unpaired) electrons. The first-order chi connectivity index (χ1) is 14.3. The van der Waals surface area contributed by atoms with Crippen LogP contribution in [0, 0.1) is 11.6 Å². The molecule has 0 saturated heterocycles. The van der Waals surface area contributed by atoms with Crippen LogP contribution in [0.3, 0.4) is 0 Å². The van der Waals surface area contributed by atoms with Crippen LogP contribution in [-0.4, -0.2) is 29.3 Å². The standard InChI is InChI=1S/C16H7Cl2F5N4O3S/c17-7-1-3-9(18)11(5-7)27-14(16(21,22)23)13(24-26-27)15(28)25-31(29,30)12-4-2-8(19)6-10(12)20/h1-6H,(H,25,28). The SMILES string of the molecule is O=C(NS(=O)(=O)c1ccc(F)cc1F)c1nnn(-c2cc(Cl)ccc2Cl)c1C(F)(F)F. The van der Waals surface area contributed by atoms with Gasteiger partial charge in [0.1, 0.15) is 16.5 Å². The minimum absolute atomic E-state index is 0.0108. The summed E-state index contributed by atoms with van der Waals surface area (Å²) in [4.78, 5) is 11.1. The van der Waals surface area contributed by atoms with Crippen molar-refractivity contribution in [1.29, 1.82) is 0 Å². The lowest BCUT2D eigenvalue weighted by Crippen LogP contribution is -2.33. The summed E-state index contributed by atoms with van der Waals surface area (Å²) < 4.78 is 93.6. The highest BCUT2D eigenvalue weighted by molar-refractivity contribution is 7.90. The Morgan fingerprint density at radius 1 is 1.06 bits per heavy atom. The van der Waals surface area contributed by atoms with Gasteiger partial charge < -0.3 is 0 Å². The van der Waals surface area contributed by atoms with Gasteiger partial charge in [0.15, 0.2) is 11.4 Å². The van der Waals surface area contributed by atoms with Crippen LogP contribution in [0.15, 0.2) is 41.3 Å². The Balaban J connectivity index is 2.08. The molecule has 1 heterocycles. The summed E-state index contributed by atoms with van der Waals surface area (Å²) in [5, 5.41) is 6.10. The molecule has 1 amide bonds. The molecule has 0 aliphatic carbocycles. The van der Waals surface area contributed by atoms with Crippen LogP contribution < -0.4 is 4.72 Å². The molecular weight excluding hydrogens is 494 g/mol. The highest BCUT2D eigenvalue weighted by atomic mass is 35.5. The molecule has 1 N–H and O–H groups in total. The van der Waals surface area contributed by atoms with Gasteiger partial charge in [-0.2, -0.15) is 13.2 Å². The number of sulfonamides is 1. The highest BCUT2D eigenvalue weighted by Gasteiger charge is 2.43. The molecule has 0 saturated carbocycles. The van der Waals surface area contributed by atoms with Gasteiger partial charge in [-0.1, -0.05) is 28.4 Å². The van der Waals surface area contributed by atoms with Crippen molar-refractivity contribution >= 4 is 39.1 Å². The molecule has 0 bridgehead atoms. The van der Waals surface area contributed by atoms with Crippen molar-refractivity contribution in [2.45, 2.75) is 11.1 Å². The maximum absolute atomic E-state index is 13.8. The van der Waals surface area contributed by atoms with Gasteiger partial charge >= 0.3 is 6.18 Å². The Kier molecular flexibility index (Phi) is 5.95. The zero-order valence-electron chi connectivity index (χ0n) is 14.6.